The third-order valence-electron chi connectivity index (χ3n) is 0. The summed E-state index contributed by atoms with van der Waals surface area (Å²) in [5, 5.41) is 0. The zero-order valence-corrected chi connectivity index (χ0v) is 3.58. The molecule has 0 spiro atoms. The molecule has 0 saturated heterocycles. The van der Waals surface area contributed by atoms with Gasteiger partial charge in [-0.15, -0.1) is 0 Å². The molecule has 4 nitrogen and oxygen atoms in total. The van der Waals surface area contributed by atoms with Gasteiger partial charge in [0.15, 0.2) is 0 Å². The third kappa shape index (κ3) is 188. The van der Waals surface area contributed by atoms with Crippen molar-refractivity contribution in [1.82, 2.24) is 6.15 Å². The summed E-state index contributed by atoms with van der Waals surface area (Å²) >= 11 is 0. The van der Waals surface area contributed by atoms with Crippen LogP contribution in [0.1, 0.15) is 0 Å². The SMILES string of the molecule is [Cu+2].[NH4+].[OH-].[OH-].[OH-]. The Balaban J connectivity index is 0. The molecule has 0 aromatic heterocycles. The van der Waals surface area contributed by atoms with E-state index in [-0.39, 0.29) is 39.6 Å². The quantitative estimate of drug-likeness (QED) is 0.460. The Hall–Kier alpha value is 0.359. The van der Waals surface area contributed by atoms with Crippen LogP contribution >= 0.6 is 0 Å². The summed E-state index contributed by atoms with van der Waals surface area (Å²) in [5.41, 5.74) is 0. The van der Waals surface area contributed by atoms with Crippen LogP contribution in [0.5, 0.6) is 0 Å². The Bertz CT molecular complexity index is 6.85. The Labute approximate surface area is 40.5 Å². The van der Waals surface area contributed by atoms with Gasteiger partial charge in [-0.05, 0) is 0 Å². The smallest absolute Gasteiger partial charge is 0.870 e. The van der Waals surface area contributed by atoms with Crippen LogP contribution in [-0.2, 0) is 17.1 Å². The van der Waals surface area contributed by atoms with Crippen molar-refractivity contribution in [1.29, 1.82) is 0 Å². The van der Waals surface area contributed by atoms with Crippen LogP contribution in [0.4, 0.5) is 0 Å². The van der Waals surface area contributed by atoms with Crippen molar-refractivity contribution < 1.29 is 33.5 Å². The molecular weight excluding hydrogens is 126 g/mol. The topological polar surface area (TPSA) is 126 Å². The molecule has 0 amide bonds. The van der Waals surface area contributed by atoms with E-state index >= 15 is 0 Å². The first-order valence-corrected chi connectivity index (χ1v) is 0. The number of rotatable bonds is 0. The van der Waals surface area contributed by atoms with Gasteiger partial charge in [-0.3, -0.25) is 0 Å². The summed E-state index contributed by atoms with van der Waals surface area (Å²) < 4.78 is 0. The van der Waals surface area contributed by atoms with Crippen LogP contribution in [0.2, 0.25) is 0 Å². The average Bonchev–Trinajstić information content (AvgIpc) is 0. The van der Waals surface area contributed by atoms with Gasteiger partial charge in [0.25, 0.3) is 0 Å². The summed E-state index contributed by atoms with van der Waals surface area (Å²) in [6.45, 7) is 0. The minimum atomic E-state index is 0. The van der Waals surface area contributed by atoms with Gasteiger partial charge in [-0.2, -0.15) is 0 Å². The first-order valence-electron chi connectivity index (χ1n) is 0. The Kier molecular flexibility index (Phi) is 60000. The molecule has 0 atom stereocenters. The monoisotopic (exact) mass is 132 g/mol. The fourth-order valence-corrected chi connectivity index (χ4v) is 0. The minimum Gasteiger partial charge on any atom is -0.870 e. The Morgan fingerprint density at radius 1 is 0.600 bits per heavy atom. The average molecular weight is 133 g/mol. The van der Waals surface area contributed by atoms with E-state index in [1.165, 1.54) is 0 Å². The van der Waals surface area contributed by atoms with Gasteiger partial charge in [-0.1, -0.05) is 0 Å². The minimum absolute atomic E-state index is 0. The molecule has 0 bridgehead atoms. The van der Waals surface area contributed by atoms with E-state index in [1.807, 2.05) is 0 Å². The number of hydrogen-bond acceptors (Lipinski definition) is 3. The van der Waals surface area contributed by atoms with Gasteiger partial charge >= 0.3 is 17.1 Å². The standard InChI is InChI=1S/Cu.H3N.3H2O/h;1H3;3*1H2/q+2;;;;/p-2. The van der Waals surface area contributed by atoms with Gasteiger partial charge in [0.05, 0.1) is 0 Å². The van der Waals surface area contributed by atoms with E-state index in [0.717, 1.165) is 0 Å². The largest absolute Gasteiger partial charge is 2.00 e. The second-order valence-corrected chi connectivity index (χ2v) is 0. The van der Waals surface area contributed by atoms with Crippen molar-refractivity contribution in [2.75, 3.05) is 0 Å². The number of quaternary nitrogens is 1. The van der Waals surface area contributed by atoms with Gasteiger partial charge in [0, 0.05) is 0 Å². The van der Waals surface area contributed by atoms with Crippen molar-refractivity contribution in [3.63, 3.8) is 0 Å². The van der Waals surface area contributed by atoms with E-state index in [0.29, 0.717) is 0 Å². The second-order valence-electron chi connectivity index (χ2n) is 0. The summed E-state index contributed by atoms with van der Waals surface area (Å²) in [6, 6.07) is 0. The molecule has 0 unspecified atom stereocenters. The summed E-state index contributed by atoms with van der Waals surface area (Å²) in [5.74, 6) is 0. The summed E-state index contributed by atoms with van der Waals surface area (Å²) in [7, 11) is 0. The van der Waals surface area contributed by atoms with Crippen molar-refractivity contribution >= 4 is 0 Å². The maximum absolute atomic E-state index is 0. The molecule has 5 heavy (non-hydrogen) atoms. The van der Waals surface area contributed by atoms with Gasteiger partial charge < -0.3 is 22.6 Å². The van der Waals surface area contributed by atoms with E-state index in [4.69, 9.17) is 0 Å². The fraction of sp³-hybridized carbons (Fsp3) is 0. The molecule has 0 fully saturated rings. The fourth-order valence-electron chi connectivity index (χ4n) is 0. The molecule has 0 rings (SSSR count). The molecule has 1 radical (unpaired) electrons. The molecule has 7 N–H and O–H groups in total. The van der Waals surface area contributed by atoms with Crippen LogP contribution in [0.25, 0.3) is 0 Å². The maximum Gasteiger partial charge on any atom is 2.00 e. The van der Waals surface area contributed by atoms with E-state index in [9.17, 15) is 0 Å². The second kappa shape index (κ2) is 381. The third-order valence-corrected chi connectivity index (χ3v) is 0. The van der Waals surface area contributed by atoms with Crippen LogP contribution < -0.4 is 6.15 Å². The Morgan fingerprint density at radius 3 is 0.600 bits per heavy atom. The van der Waals surface area contributed by atoms with Crippen molar-refractivity contribution in [2.24, 2.45) is 0 Å². The molecule has 0 aromatic carbocycles. The van der Waals surface area contributed by atoms with E-state index in [1.54, 1.807) is 0 Å². The van der Waals surface area contributed by atoms with Crippen LogP contribution in [0, 0.1) is 0 Å². The summed E-state index contributed by atoms with van der Waals surface area (Å²) in [4.78, 5) is 0. The molecule has 0 aliphatic rings. The normalized spacial score (nSPS) is 0. The van der Waals surface area contributed by atoms with Crippen LogP contribution in [0.3, 0.4) is 0 Å². The van der Waals surface area contributed by atoms with Crippen molar-refractivity contribution in [2.45, 2.75) is 0 Å². The van der Waals surface area contributed by atoms with Gasteiger partial charge in [0.2, 0.25) is 0 Å². The van der Waals surface area contributed by atoms with Crippen molar-refractivity contribution in [3.8, 4) is 0 Å². The molecule has 0 aliphatic carbocycles. The van der Waals surface area contributed by atoms with Crippen molar-refractivity contribution in [3.05, 3.63) is 0 Å². The Morgan fingerprint density at radius 2 is 0.600 bits per heavy atom. The maximum atomic E-state index is 0. The molecule has 5 heteroatoms. The van der Waals surface area contributed by atoms with Crippen LogP contribution in [0.15, 0.2) is 0 Å². The molecular formula is H7CuNO3. The number of hydrogen-bond donors (Lipinski definition) is 1. The molecule has 0 aromatic rings. The molecule has 0 saturated carbocycles. The van der Waals surface area contributed by atoms with E-state index in [2.05, 4.69) is 0 Å². The predicted octanol–water partition coefficient (Wildman–Crippen LogP) is -0.157. The van der Waals surface area contributed by atoms with Gasteiger partial charge in [-0.25, -0.2) is 0 Å². The molecule has 41 valence electrons. The zero-order chi connectivity index (χ0) is 0. The van der Waals surface area contributed by atoms with Gasteiger partial charge in [0.1, 0.15) is 0 Å². The predicted molar refractivity (Wildman–Crippen MR) is 11.8 cm³/mol. The van der Waals surface area contributed by atoms with Crippen LogP contribution in [-0.4, -0.2) is 16.4 Å². The first kappa shape index (κ1) is 788. The first-order chi connectivity index (χ1) is 0. The molecule has 0 heterocycles. The molecule has 0 aliphatic heterocycles. The zero-order valence-electron chi connectivity index (χ0n) is 2.64. The van der Waals surface area contributed by atoms with E-state index < -0.39 is 0 Å². The summed E-state index contributed by atoms with van der Waals surface area (Å²) in [6.07, 6.45) is 0.